The molecule has 0 radical (unpaired) electrons. The lowest BCUT2D eigenvalue weighted by molar-refractivity contribution is -0.0498. The van der Waals surface area contributed by atoms with Crippen molar-refractivity contribution < 1.29 is 5.11 Å². The lowest BCUT2D eigenvalue weighted by Crippen LogP contribution is -2.48. The van der Waals surface area contributed by atoms with E-state index >= 15 is 0 Å². The van der Waals surface area contributed by atoms with Gasteiger partial charge < -0.3 is 10.0 Å². The number of piperidine rings is 1. The molecule has 138 valence electrons. The maximum atomic E-state index is 11.7. The molecule has 2 bridgehead atoms. The van der Waals surface area contributed by atoms with Crippen molar-refractivity contribution in [3.05, 3.63) is 34.4 Å². The molecule has 2 aliphatic heterocycles. The normalized spacial score (nSPS) is 36.3. The summed E-state index contributed by atoms with van der Waals surface area (Å²) < 4.78 is 0. The molecule has 3 aliphatic rings. The maximum absolute atomic E-state index is 11.7. The van der Waals surface area contributed by atoms with Crippen LogP contribution in [0.1, 0.15) is 88.5 Å². The van der Waals surface area contributed by atoms with Crippen LogP contribution in [0.3, 0.4) is 0 Å². The lowest BCUT2D eigenvalue weighted by atomic mass is 9.61. The molecule has 0 spiro atoms. The second-order valence-corrected chi connectivity index (χ2v) is 10.5. The van der Waals surface area contributed by atoms with Crippen LogP contribution >= 0.6 is 0 Å². The molecule has 2 fully saturated rings. The van der Waals surface area contributed by atoms with Crippen LogP contribution in [-0.4, -0.2) is 29.1 Å². The van der Waals surface area contributed by atoms with Gasteiger partial charge in [0.2, 0.25) is 0 Å². The molecule has 1 aromatic rings. The highest BCUT2D eigenvalue weighted by Gasteiger charge is 2.48. The Bertz CT molecular complexity index is 688. The van der Waals surface area contributed by atoms with Gasteiger partial charge in [0.15, 0.2) is 0 Å². The van der Waals surface area contributed by atoms with Crippen molar-refractivity contribution in [1.29, 1.82) is 0 Å². The predicted molar refractivity (Wildman–Crippen MR) is 104 cm³/mol. The molecule has 2 heteroatoms. The van der Waals surface area contributed by atoms with Crippen LogP contribution in [0.15, 0.2) is 12.1 Å². The van der Waals surface area contributed by atoms with Gasteiger partial charge in [-0.1, -0.05) is 39.8 Å². The minimum Gasteiger partial charge on any atom is -0.385 e. The third kappa shape index (κ3) is 2.59. The second kappa shape index (κ2) is 5.33. The van der Waals surface area contributed by atoms with Gasteiger partial charge in [0.05, 0.1) is 5.60 Å². The smallest absolute Gasteiger partial charge is 0.0929 e. The summed E-state index contributed by atoms with van der Waals surface area (Å²) in [6, 6.07) is 5.90. The van der Waals surface area contributed by atoms with Crippen LogP contribution in [0.5, 0.6) is 0 Å². The fourth-order valence-electron chi connectivity index (χ4n) is 5.89. The van der Waals surface area contributed by atoms with Crippen molar-refractivity contribution in [1.82, 2.24) is 4.90 Å². The fraction of sp³-hybridized carbons (Fsp3) is 0.739. The zero-order chi connectivity index (χ0) is 18.2. The molecule has 2 saturated heterocycles. The van der Waals surface area contributed by atoms with E-state index in [-0.39, 0.29) is 10.8 Å². The third-order valence-electron chi connectivity index (χ3n) is 7.83. The van der Waals surface area contributed by atoms with E-state index in [4.69, 9.17) is 0 Å². The molecule has 4 rings (SSSR count). The number of hydrogen-bond donors (Lipinski definition) is 1. The first-order chi connectivity index (χ1) is 11.5. The molecule has 2 unspecified atom stereocenters. The van der Waals surface area contributed by atoms with Crippen LogP contribution < -0.4 is 0 Å². The molecule has 0 saturated carbocycles. The minimum absolute atomic E-state index is 0.202. The molecular weight excluding hydrogens is 306 g/mol. The Balaban J connectivity index is 1.82. The summed E-state index contributed by atoms with van der Waals surface area (Å²) in [6.07, 6.45) is 6.73. The maximum Gasteiger partial charge on any atom is 0.0929 e. The Hall–Kier alpha value is -0.860. The highest BCUT2D eigenvalue weighted by atomic mass is 16.3. The standard InChI is InChI=1S/C23H35NO/c1-15-11-19-20(22(4,5)10-9-21(19,2)3)12-18(15)23(25)13-16-7-8-17(14-23)24(16)6/h11-12,16-17,25H,7-10,13-14H2,1-6H3. The second-order valence-electron chi connectivity index (χ2n) is 10.5. The van der Waals surface area contributed by atoms with Gasteiger partial charge in [0.25, 0.3) is 0 Å². The Kier molecular flexibility index (Phi) is 3.74. The van der Waals surface area contributed by atoms with E-state index in [0.717, 1.165) is 12.8 Å². The summed E-state index contributed by atoms with van der Waals surface area (Å²) >= 11 is 0. The minimum atomic E-state index is -0.644. The van der Waals surface area contributed by atoms with Crippen molar-refractivity contribution in [3.63, 3.8) is 0 Å². The lowest BCUT2D eigenvalue weighted by Gasteiger charge is -2.46. The van der Waals surface area contributed by atoms with Crippen molar-refractivity contribution in [2.45, 2.75) is 102 Å². The fourth-order valence-corrected chi connectivity index (χ4v) is 5.89. The van der Waals surface area contributed by atoms with Gasteiger partial charge in [-0.25, -0.2) is 0 Å². The van der Waals surface area contributed by atoms with E-state index in [1.165, 1.54) is 47.9 Å². The van der Waals surface area contributed by atoms with Crippen LogP contribution in [-0.2, 0) is 16.4 Å². The van der Waals surface area contributed by atoms with Crippen LogP contribution in [0, 0.1) is 6.92 Å². The number of benzene rings is 1. The first-order valence-electron chi connectivity index (χ1n) is 10.1. The highest BCUT2D eigenvalue weighted by molar-refractivity contribution is 5.49. The van der Waals surface area contributed by atoms with E-state index in [1.807, 2.05) is 0 Å². The van der Waals surface area contributed by atoms with Gasteiger partial charge in [-0.15, -0.1) is 0 Å². The topological polar surface area (TPSA) is 23.5 Å². The number of aliphatic hydroxyl groups is 1. The molecule has 1 aromatic carbocycles. The number of nitrogens with zero attached hydrogens (tertiary/aromatic N) is 1. The van der Waals surface area contributed by atoms with Gasteiger partial charge in [-0.2, -0.15) is 0 Å². The number of fused-ring (bicyclic) bond motifs is 3. The average Bonchev–Trinajstić information content (AvgIpc) is 2.74. The summed E-state index contributed by atoms with van der Waals surface area (Å²) in [4.78, 5) is 2.51. The summed E-state index contributed by atoms with van der Waals surface area (Å²) in [5.74, 6) is 0. The summed E-state index contributed by atoms with van der Waals surface area (Å²) in [7, 11) is 2.24. The number of aryl methyl sites for hydroxylation is 1. The van der Waals surface area contributed by atoms with Crippen LogP contribution in [0.4, 0.5) is 0 Å². The van der Waals surface area contributed by atoms with Gasteiger partial charge in [-0.05, 0) is 85.6 Å². The first kappa shape index (κ1) is 17.5. The Morgan fingerprint density at radius 2 is 1.36 bits per heavy atom. The Labute approximate surface area is 153 Å². The molecule has 1 N–H and O–H groups in total. The largest absolute Gasteiger partial charge is 0.385 e. The van der Waals surface area contributed by atoms with Crippen molar-refractivity contribution in [3.8, 4) is 0 Å². The molecule has 0 amide bonds. The molecule has 2 heterocycles. The molecule has 2 nitrogen and oxygen atoms in total. The summed E-state index contributed by atoms with van der Waals surface area (Å²) in [6.45, 7) is 11.7. The molecule has 0 aromatic heterocycles. The quantitative estimate of drug-likeness (QED) is 0.794. The zero-order valence-electron chi connectivity index (χ0n) is 16.9. The van der Waals surface area contributed by atoms with E-state index in [1.54, 1.807) is 0 Å². The highest BCUT2D eigenvalue weighted by Crippen LogP contribution is 2.50. The predicted octanol–water partition coefficient (Wildman–Crippen LogP) is 4.79. The first-order valence-corrected chi connectivity index (χ1v) is 10.1. The average molecular weight is 342 g/mol. The van der Waals surface area contributed by atoms with Crippen molar-refractivity contribution in [2.75, 3.05) is 7.05 Å². The number of hydrogen-bond acceptors (Lipinski definition) is 2. The van der Waals surface area contributed by atoms with Gasteiger partial charge >= 0.3 is 0 Å². The molecule has 1 aliphatic carbocycles. The van der Waals surface area contributed by atoms with E-state index in [9.17, 15) is 5.11 Å². The van der Waals surface area contributed by atoms with E-state index in [0.29, 0.717) is 12.1 Å². The monoisotopic (exact) mass is 341 g/mol. The van der Waals surface area contributed by atoms with Crippen LogP contribution in [0.2, 0.25) is 0 Å². The zero-order valence-corrected chi connectivity index (χ0v) is 16.9. The summed E-state index contributed by atoms with van der Waals surface area (Å²) in [5.41, 5.74) is 5.28. The third-order valence-corrected chi connectivity index (χ3v) is 7.83. The van der Waals surface area contributed by atoms with Gasteiger partial charge in [-0.3, -0.25) is 0 Å². The van der Waals surface area contributed by atoms with Gasteiger partial charge in [0, 0.05) is 12.1 Å². The van der Waals surface area contributed by atoms with E-state index in [2.05, 4.69) is 58.7 Å². The molecule has 25 heavy (non-hydrogen) atoms. The SMILES string of the molecule is Cc1cc2c(cc1C1(O)CC3CCC(C1)N3C)C(C)(C)CCC2(C)C. The van der Waals surface area contributed by atoms with E-state index < -0.39 is 5.60 Å². The molecule has 2 atom stereocenters. The number of rotatable bonds is 1. The summed E-state index contributed by atoms with van der Waals surface area (Å²) in [5, 5.41) is 11.7. The Morgan fingerprint density at radius 3 is 1.88 bits per heavy atom. The van der Waals surface area contributed by atoms with Gasteiger partial charge in [0.1, 0.15) is 0 Å². The van der Waals surface area contributed by atoms with Crippen LogP contribution in [0.25, 0.3) is 0 Å². The molecular formula is C23H35NO. The van der Waals surface area contributed by atoms with Crippen molar-refractivity contribution in [2.24, 2.45) is 0 Å². The van der Waals surface area contributed by atoms with Crippen molar-refractivity contribution >= 4 is 0 Å². The Morgan fingerprint density at radius 1 is 0.880 bits per heavy atom.